The number of nitrogens with one attached hydrogen (secondary N) is 1. The van der Waals surface area contributed by atoms with Gasteiger partial charge < -0.3 is 15.8 Å². The van der Waals surface area contributed by atoms with Crippen molar-refractivity contribution in [1.29, 1.82) is 0 Å². The van der Waals surface area contributed by atoms with E-state index in [0.29, 0.717) is 18.1 Å². The molecule has 20 heavy (non-hydrogen) atoms. The molecule has 3 N–H and O–H groups in total. The Kier molecular flexibility index (Phi) is 6.40. The molecule has 0 aliphatic heterocycles. The van der Waals surface area contributed by atoms with Crippen LogP contribution in [0.3, 0.4) is 0 Å². The predicted octanol–water partition coefficient (Wildman–Crippen LogP) is 2.40. The van der Waals surface area contributed by atoms with Gasteiger partial charge in [0.1, 0.15) is 0 Å². The van der Waals surface area contributed by atoms with Crippen LogP contribution in [0.4, 0.5) is 0 Å². The zero-order valence-electron chi connectivity index (χ0n) is 13.0. The topological polar surface area (TPSA) is 64.3 Å². The molecule has 0 aromatic carbocycles. The van der Waals surface area contributed by atoms with Gasteiger partial charge in [-0.15, -0.1) is 0 Å². The summed E-state index contributed by atoms with van der Waals surface area (Å²) in [4.78, 5) is 12.9. The van der Waals surface area contributed by atoms with Gasteiger partial charge in [-0.1, -0.05) is 45.3 Å². The van der Waals surface area contributed by atoms with E-state index in [1.165, 1.54) is 0 Å². The molecule has 0 unspecified atom stereocenters. The average Bonchev–Trinajstić information content (AvgIpc) is 2.43. The third-order valence-corrected chi connectivity index (χ3v) is 4.71. The molecule has 1 aliphatic rings. The second-order valence-corrected chi connectivity index (χ2v) is 7.04. The Morgan fingerprint density at radius 3 is 2.45 bits per heavy atom. The Hall–Kier alpha value is -0.680. The molecule has 0 saturated heterocycles. The summed E-state index contributed by atoms with van der Waals surface area (Å²) in [5.41, 5.74) is 5.26. The zero-order chi connectivity index (χ0) is 15.2. The Morgan fingerprint density at radius 2 is 1.95 bits per heavy atom. The van der Waals surface area contributed by atoms with Gasteiger partial charge in [0.15, 0.2) is 0 Å². The molecule has 0 aromatic heterocycles. The van der Waals surface area contributed by atoms with E-state index in [1.54, 1.807) is 7.11 Å². The van der Waals surface area contributed by atoms with E-state index in [2.05, 4.69) is 19.2 Å². The molecule has 1 saturated carbocycles. The maximum Gasteiger partial charge on any atom is 0.233 e. The Balaban J connectivity index is 2.61. The van der Waals surface area contributed by atoms with E-state index in [0.717, 1.165) is 38.5 Å². The molecule has 1 fully saturated rings. The van der Waals surface area contributed by atoms with Crippen molar-refractivity contribution in [2.45, 2.75) is 52.4 Å². The minimum absolute atomic E-state index is 0.00944. The zero-order valence-corrected chi connectivity index (χ0v) is 13.8. The van der Waals surface area contributed by atoms with Crippen molar-refractivity contribution in [3.63, 3.8) is 0 Å². The van der Waals surface area contributed by atoms with Crippen molar-refractivity contribution in [1.82, 2.24) is 5.32 Å². The molecular weight excluding hydrogens is 272 g/mol. The highest BCUT2D eigenvalue weighted by Gasteiger charge is 2.42. The van der Waals surface area contributed by atoms with Gasteiger partial charge in [-0.05, 0) is 24.7 Å². The monoisotopic (exact) mass is 300 g/mol. The van der Waals surface area contributed by atoms with Crippen LogP contribution in [-0.4, -0.2) is 31.2 Å². The minimum Gasteiger partial charge on any atom is -0.392 e. The Labute approximate surface area is 127 Å². The maximum atomic E-state index is 12.6. The first-order valence-corrected chi connectivity index (χ1v) is 7.82. The van der Waals surface area contributed by atoms with E-state index >= 15 is 0 Å². The van der Waals surface area contributed by atoms with Gasteiger partial charge in [-0.2, -0.15) is 0 Å². The van der Waals surface area contributed by atoms with Crippen molar-refractivity contribution >= 4 is 23.1 Å². The molecule has 0 atom stereocenters. The van der Waals surface area contributed by atoms with Crippen molar-refractivity contribution in [2.24, 2.45) is 16.6 Å². The number of amides is 1. The largest absolute Gasteiger partial charge is 0.392 e. The summed E-state index contributed by atoms with van der Waals surface area (Å²) in [6, 6.07) is 0. The smallest absolute Gasteiger partial charge is 0.233 e. The van der Waals surface area contributed by atoms with Crippen molar-refractivity contribution in [2.75, 3.05) is 20.3 Å². The lowest BCUT2D eigenvalue weighted by Crippen LogP contribution is -2.51. The molecule has 0 bridgehead atoms. The number of methoxy groups -OCH3 is 1. The number of carbonyl (C=O) groups excluding carboxylic acids is 1. The number of hydrogen-bond acceptors (Lipinski definition) is 3. The van der Waals surface area contributed by atoms with Gasteiger partial charge in [-0.25, -0.2) is 0 Å². The summed E-state index contributed by atoms with van der Waals surface area (Å²) in [6.07, 6.45) is 5.69. The molecular formula is C15H28N2O2S. The molecule has 0 spiro atoms. The highest BCUT2D eigenvalue weighted by atomic mass is 32.1. The third kappa shape index (κ3) is 4.42. The van der Waals surface area contributed by atoms with Gasteiger partial charge in [0, 0.05) is 20.3 Å². The highest BCUT2D eigenvalue weighted by Crippen LogP contribution is 2.37. The van der Waals surface area contributed by atoms with E-state index in [9.17, 15) is 4.79 Å². The molecule has 0 heterocycles. The summed E-state index contributed by atoms with van der Waals surface area (Å²) >= 11 is 5.18. The minimum atomic E-state index is -0.620. The maximum absolute atomic E-state index is 12.6. The van der Waals surface area contributed by atoms with Crippen molar-refractivity contribution in [3.8, 4) is 0 Å². The first-order valence-electron chi connectivity index (χ1n) is 7.41. The first kappa shape index (κ1) is 17.4. The molecule has 1 amide bonds. The number of thiocarbonyl (C=S) groups is 1. The summed E-state index contributed by atoms with van der Waals surface area (Å²) in [5, 5.41) is 3.06. The molecule has 0 aromatic rings. The summed E-state index contributed by atoms with van der Waals surface area (Å²) in [6.45, 7) is 5.57. The summed E-state index contributed by atoms with van der Waals surface area (Å²) in [7, 11) is 1.69. The highest BCUT2D eigenvalue weighted by molar-refractivity contribution is 7.80. The Bertz CT molecular complexity index is 350. The van der Waals surface area contributed by atoms with Crippen molar-refractivity contribution in [3.05, 3.63) is 0 Å². The van der Waals surface area contributed by atoms with Crippen LogP contribution < -0.4 is 11.1 Å². The van der Waals surface area contributed by atoms with E-state index in [4.69, 9.17) is 22.7 Å². The normalized spacial score (nSPS) is 18.6. The number of nitrogens with two attached hydrogens (primary N) is 1. The quantitative estimate of drug-likeness (QED) is 0.709. The molecule has 1 rings (SSSR count). The third-order valence-electron chi connectivity index (χ3n) is 4.32. The SMILES string of the molecule is COCCC(C)(C)CNC(=O)C1(C(N)=S)CCCCC1. The van der Waals surface area contributed by atoms with Crippen LogP contribution in [0.2, 0.25) is 0 Å². The van der Waals surface area contributed by atoms with Gasteiger partial charge in [0.2, 0.25) is 5.91 Å². The van der Waals surface area contributed by atoms with Gasteiger partial charge >= 0.3 is 0 Å². The fourth-order valence-electron chi connectivity index (χ4n) is 2.70. The summed E-state index contributed by atoms with van der Waals surface area (Å²) in [5.74, 6) is 0.00944. The van der Waals surface area contributed by atoms with Crippen LogP contribution in [0.25, 0.3) is 0 Å². The van der Waals surface area contributed by atoms with Crippen LogP contribution in [0, 0.1) is 10.8 Å². The lowest BCUT2D eigenvalue weighted by molar-refractivity contribution is -0.129. The van der Waals surface area contributed by atoms with E-state index in [-0.39, 0.29) is 11.3 Å². The van der Waals surface area contributed by atoms with Crippen LogP contribution in [-0.2, 0) is 9.53 Å². The second kappa shape index (κ2) is 7.36. The number of ether oxygens (including phenoxy) is 1. The molecule has 116 valence electrons. The molecule has 5 heteroatoms. The lowest BCUT2D eigenvalue weighted by atomic mass is 9.73. The van der Waals surface area contributed by atoms with Gasteiger partial charge in [0.25, 0.3) is 0 Å². The lowest BCUT2D eigenvalue weighted by Gasteiger charge is -2.36. The van der Waals surface area contributed by atoms with Crippen molar-refractivity contribution < 1.29 is 9.53 Å². The predicted molar refractivity (Wildman–Crippen MR) is 85.6 cm³/mol. The average molecular weight is 300 g/mol. The van der Waals surface area contributed by atoms with Crippen LogP contribution in [0.15, 0.2) is 0 Å². The summed E-state index contributed by atoms with van der Waals surface area (Å²) < 4.78 is 5.11. The van der Waals surface area contributed by atoms with E-state index < -0.39 is 5.41 Å². The van der Waals surface area contributed by atoms with Crippen LogP contribution in [0.5, 0.6) is 0 Å². The van der Waals surface area contributed by atoms with Crippen LogP contribution >= 0.6 is 12.2 Å². The fraction of sp³-hybridized carbons (Fsp3) is 0.867. The van der Waals surface area contributed by atoms with E-state index in [1.807, 2.05) is 0 Å². The van der Waals surface area contributed by atoms with Crippen LogP contribution in [0.1, 0.15) is 52.4 Å². The molecule has 1 aliphatic carbocycles. The Morgan fingerprint density at radius 1 is 1.35 bits per heavy atom. The number of carbonyl (C=O) groups is 1. The molecule has 4 nitrogen and oxygen atoms in total. The number of hydrogen-bond donors (Lipinski definition) is 2. The standard InChI is InChI=1S/C15H28N2O2S/c1-14(2,9-10-19-3)11-17-13(18)15(12(16)20)7-5-4-6-8-15/h4-11H2,1-3H3,(H2,16,20)(H,17,18). The van der Waals surface area contributed by atoms with Gasteiger partial charge in [-0.3, -0.25) is 4.79 Å². The van der Waals surface area contributed by atoms with Gasteiger partial charge in [0.05, 0.1) is 10.4 Å². The fourth-order valence-corrected chi connectivity index (χ4v) is 2.99. The molecule has 0 radical (unpaired) electrons. The number of rotatable bonds is 7. The second-order valence-electron chi connectivity index (χ2n) is 6.60. The first-order chi connectivity index (χ1) is 9.34.